The molecule has 4 rings (SSSR count). The van der Waals surface area contributed by atoms with Gasteiger partial charge in [0.1, 0.15) is 0 Å². The predicted octanol–water partition coefficient (Wildman–Crippen LogP) is 3.79. The van der Waals surface area contributed by atoms with Gasteiger partial charge in [-0.25, -0.2) is 8.42 Å². The number of hydrogen-bond acceptors (Lipinski definition) is 4. The Balaban J connectivity index is 1.46. The minimum Gasteiger partial charge on any atom is -0.326 e. The lowest BCUT2D eigenvalue weighted by Gasteiger charge is -2.18. The summed E-state index contributed by atoms with van der Waals surface area (Å²) in [4.78, 5) is 26.9. The predicted molar refractivity (Wildman–Crippen MR) is 121 cm³/mol. The van der Waals surface area contributed by atoms with Crippen LogP contribution in [0.2, 0.25) is 0 Å². The summed E-state index contributed by atoms with van der Waals surface area (Å²) in [6.07, 6.45) is 2.41. The zero-order chi connectivity index (χ0) is 22.3. The minimum atomic E-state index is -3.67. The summed E-state index contributed by atoms with van der Waals surface area (Å²) < 4.78 is 26.2. The van der Waals surface area contributed by atoms with Gasteiger partial charge in [0.15, 0.2) is 9.84 Å². The number of carbonyl (C=O) groups excluding carboxylic acids is 2. The molecule has 1 saturated carbocycles. The molecule has 1 heterocycles. The van der Waals surface area contributed by atoms with Gasteiger partial charge in [-0.05, 0) is 87.1 Å². The Morgan fingerprint density at radius 3 is 2.42 bits per heavy atom. The molecule has 0 radical (unpaired) electrons. The summed E-state index contributed by atoms with van der Waals surface area (Å²) >= 11 is 0. The van der Waals surface area contributed by atoms with Crippen LogP contribution in [0.15, 0.2) is 41.3 Å². The van der Waals surface area contributed by atoms with Crippen molar-refractivity contribution in [2.45, 2.75) is 56.6 Å². The van der Waals surface area contributed by atoms with Gasteiger partial charge < -0.3 is 10.2 Å². The first kappa shape index (κ1) is 21.6. The van der Waals surface area contributed by atoms with Crippen LogP contribution in [0.1, 0.15) is 42.9 Å². The lowest BCUT2D eigenvalue weighted by atomic mass is 10.1. The number of nitrogens with one attached hydrogen (secondary N) is 1. The van der Waals surface area contributed by atoms with Crippen LogP contribution in [0, 0.1) is 19.8 Å². The molecular weight excluding hydrogens is 412 g/mol. The van der Waals surface area contributed by atoms with Gasteiger partial charge in [-0.15, -0.1) is 0 Å². The van der Waals surface area contributed by atoms with Crippen molar-refractivity contribution in [2.75, 3.05) is 16.8 Å². The molecule has 31 heavy (non-hydrogen) atoms. The number of carbonyl (C=O) groups is 2. The number of aryl methyl sites for hydroxylation is 2. The van der Waals surface area contributed by atoms with Crippen molar-refractivity contribution in [3.05, 3.63) is 53.1 Å². The van der Waals surface area contributed by atoms with Crippen molar-refractivity contribution in [3.63, 3.8) is 0 Å². The first-order valence-electron chi connectivity index (χ1n) is 10.7. The Morgan fingerprint density at radius 1 is 1.10 bits per heavy atom. The Morgan fingerprint density at radius 2 is 1.77 bits per heavy atom. The smallest absolute Gasteiger partial charge is 0.230 e. The largest absolute Gasteiger partial charge is 0.326 e. The van der Waals surface area contributed by atoms with Crippen LogP contribution < -0.4 is 10.2 Å². The minimum absolute atomic E-state index is 0.126. The highest BCUT2D eigenvalue weighted by atomic mass is 32.2. The molecular formula is C24H28N2O4S. The van der Waals surface area contributed by atoms with Gasteiger partial charge in [0.2, 0.25) is 11.8 Å². The summed E-state index contributed by atoms with van der Waals surface area (Å²) in [5, 5.41) is 1.95. The monoisotopic (exact) mass is 440 g/mol. The molecule has 1 unspecified atom stereocenters. The van der Waals surface area contributed by atoms with E-state index in [4.69, 9.17) is 0 Å². The SMILES string of the molecule is Cc1cc(C)cc(NC(=O)CC(C)S(=O)(=O)c2ccc3c(c2)CCN3C(=O)C2CC2)c1. The molecule has 2 amide bonds. The van der Waals surface area contributed by atoms with Gasteiger partial charge in [0.05, 0.1) is 10.1 Å². The molecule has 0 bridgehead atoms. The van der Waals surface area contributed by atoms with E-state index >= 15 is 0 Å². The number of anilines is 2. The molecule has 0 spiro atoms. The Bertz CT molecular complexity index is 1130. The van der Waals surface area contributed by atoms with Crippen LogP contribution in [0.3, 0.4) is 0 Å². The average molecular weight is 441 g/mol. The third-order valence-corrected chi connectivity index (χ3v) is 8.11. The maximum absolute atomic E-state index is 13.1. The van der Waals surface area contributed by atoms with Crippen molar-refractivity contribution in [2.24, 2.45) is 5.92 Å². The third kappa shape index (κ3) is 4.51. The molecule has 2 aromatic carbocycles. The third-order valence-electron chi connectivity index (χ3n) is 5.98. The fraction of sp³-hybridized carbons (Fsp3) is 0.417. The van der Waals surface area contributed by atoms with Gasteiger partial charge in [0, 0.05) is 30.3 Å². The maximum Gasteiger partial charge on any atom is 0.230 e. The molecule has 1 aliphatic heterocycles. The number of amides is 2. The van der Waals surface area contributed by atoms with Crippen molar-refractivity contribution < 1.29 is 18.0 Å². The quantitative estimate of drug-likeness (QED) is 0.741. The fourth-order valence-electron chi connectivity index (χ4n) is 4.20. The van der Waals surface area contributed by atoms with Crippen LogP contribution in [-0.4, -0.2) is 32.0 Å². The van der Waals surface area contributed by atoms with Gasteiger partial charge in [-0.2, -0.15) is 0 Å². The fourth-order valence-corrected chi connectivity index (χ4v) is 5.60. The topological polar surface area (TPSA) is 83.6 Å². The number of rotatable bonds is 6. The van der Waals surface area contributed by atoms with Crippen LogP contribution in [0.25, 0.3) is 0 Å². The van der Waals surface area contributed by atoms with E-state index in [-0.39, 0.29) is 29.0 Å². The van der Waals surface area contributed by atoms with E-state index in [1.807, 2.05) is 32.0 Å². The maximum atomic E-state index is 13.1. The summed E-state index contributed by atoms with van der Waals surface area (Å²) in [5.74, 6) is -0.0562. The van der Waals surface area contributed by atoms with E-state index in [1.54, 1.807) is 30.0 Å². The normalized spacial score (nSPS) is 16.7. The van der Waals surface area contributed by atoms with Crippen molar-refractivity contribution >= 4 is 33.0 Å². The average Bonchev–Trinajstić information content (AvgIpc) is 3.45. The van der Waals surface area contributed by atoms with Crippen molar-refractivity contribution in [1.82, 2.24) is 0 Å². The number of nitrogens with zero attached hydrogens (tertiary/aromatic N) is 1. The Kier molecular flexibility index (Phi) is 5.64. The Labute approximate surface area is 183 Å². The van der Waals surface area contributed by atoms with E-state index in [1.165, 1.54) is 0 Å². The molecule has 6 nitrogen and oxygen atoms in total. The second kappa shape index (κ2) is 8.11. The first-order valence-corrected chi connectivity index (χ1v) is 12.3. The van der Waals surface area contributed by atoms with E-state index < -0.39 is 15.1 Å². The van der Waals surface area contributed by atoms with Crippen molar-refractivity contribution in [3.8, 4) is 0 Å². The number of fused-ring (bicyclic) bond motifs is 1. The number of benzene rings is 2. The summed E-state index contributed by atoms with van der Waals surface area (Å²) in [6, 6.07) is 10.7. The zero-order valence-electron chi connectivity index (χ0n) is 18.1. The molecule has 1 aliphatic carbocycles. The van der Waals surface area contributed by atoms with E-state index in [2.05, 4.69) is 5.32 Å². The van der Waals surface area contributed by atoms with Crippen LogP contribution in [0.4, 0.5) is 11.4 Å². The van der Waals surface area contributed by atoms with E-state index in [0.717, 1.165) is 35.2 Å². The molecule has 7 heteroatoms. The molecule has 1 N–H and O–H groups in total. The summed E-state index contributed by atoms with van der Waals surface area (Å²) in [5.41, 5.74) is 4.43. The molecule has 1 atom stereocenters. The first-order chi connectivity index (χ1) is 14.6. The highest BCUT2D eigenvalue weighted by Gasteiger charge is 2.37. The van der Waals surface area contributed by atoms with Crippen molar-refractivity contribution in [1.29, 1.82) is 0 Å². The summed E-state index contributed by atoms with van der Waals surface area (Å²) in [7, 11) is -3.67. The molecule has 164 valence electrons. The van der Waals surface area contributed by atoms with Gasteiger partial charge in [-0.3, -0.25) is 9.59 Å². The highest BCUT2D eigenvalue weighted by molar-refractivity contribution is 7.92. The number of hydrogen-bond donors (Lipinski definition) is 1. The zero-order valence-corrected chi connectivity index (χ0v) is 19.0. The lowest BCUT2D eigenvalue weighted by Crippen LogP contribution is -2.30. The van der Waals surface area contributed by atoms with Crippen LogP contribution in [0.5, 0.6) is 0 Å². The van der Waals surface area contributed by atoms with Gasteiger partial charge in [0.25, 0.3) is 0 Å². The second-order valence-corrected chi connectivity index (χ2v) is 11.2. The molecule has 2 aromatic rings. The Hall–Kier alpha value is -2.67. The highest BCUT2D eigenvalue weighted by Crippen LogP contribution is 2.37. The molecule has 1 fully saturated rings. The lowest BCUT2D eigenvalue weighted by molar-refractivity contribution is -0.119. The van der Waals surface area contributed by atoms with E-state index in [0.29, 0.717) is 18.7 Å². The van der Waals surface area contributed by atoms with Gasteiger partial charge in [-0.1, -0.05) is 6.07 Å². The van der Waals surface area contributed by atoms with Gasteiger partial charge >= 0.3 is 0 Å². The van der Waals surface area contributed by atoms with E-state index in [9.17, 15) is 18.0 Å². The molecule has 2 aliphatic rings. The van der Waals surface area contributed by atoms with Crippen LogP contribution in [-0.2, 0) is 25.8 Å². The molecule has 0 aromatic heterocycles. The molecule has 0 saturated heterocycles. The standard InChI is InChI=1S/C24H28N2O4S/c1-15-10-16(2)12-20(11-15)25-23(27)13-17(3)31(29,30)21-6-7-22-19(14-21)8-9-26(22)24(28)18-4-5-18/h6-7,10-12,14,17-18H,4-5,8-9,13H2,1-3H3,(H,25,27). The second-order valence-electron chi connectivity index (χ2n) is 8.79. The number of sulfone groups is 1. The van der Waals surface area contributed by atoms with Crippen LogP contribution >= 0.6 is 0 Å². The summed E-state index contributed by atoms with van der Waals surface area (Å²) in [6.45, 7) is 6.06.